The van der Waals surface area contributed by atoms with Gasteiger partial charge in [0.2, 0.25) is 0 Å². The minimum atomic E-state index is -0.283. The van der Waals surface area contributed by atoms with Crippen LogP contribution in [0.15, 0.2) is 95.5 Å². The largest absolute Gasteiger partial charge is 0.397 e. The Morgan fingerprint density at radius 1 is 0.875 bits per heavy atom. The molecular formula is C27H17N3O2. The molecule has 0 aliphatic carbocycles. The van der Waals surface area contributed by atoms with Gasteiger partial charge in [0.25, 0.3) is 0 Å². The van der Waals surface area contributed by atoms with Gasteiger partial charge in [0, 0.05) is 22.1 Å². The second-order valence-corrected chi connectivity index (χ2v) is 7.34. The highest BCUT2D eigenvalue weighted by Crippen LogP contribution is 2.40. The fourth-order valence-electron chi connectivity index (χ4n) is 3.91. The third-order valence-electron chi connectivity index (χ3n) is 5.45. The molecule has 4 aromatic carbocycles. The van der Waals surface area contributed by atoms with E-state index in [1.807, 2.05) is 60.7 Å². The van der Waals surface area contributed by atoms with Gasteiger partial charge in [0.15, 0.2) is 11.5 Å². The number of nitrogens with zero attached hydrogens (tertiary/aromatic N) is 2. The summed E-state index contributed by atoms with van der Waals surface area (Å²) in [5, 5.41) is 14.9. The molecule has 0 bridgehead atoms. The number of hydrogen-bond acceptors (Lipinski definition) is 5. The highest BCUT2D eigenvalue weighted by molar-refractivity contribution is 6.18. The number of nitriles is 1. The van der Waals surface area contributed by atoms with Gasteiger partial charge in [-0.25, -0.2) is 0 Å². The van der Waals surface area contributed by atoms with Gasteiger partial charge < -0.3 is 10.3 Å². The summed E-state index contributed by atoms with van der Waals surface area (Å²) in [7, 11) is 0. The van der Waals surface area contributed by atoms with Crippen molar-refractivity contribution in [2.75, 3.05) is 5.73 Å². The Hall–Kier alpha value is -4.69. The monoisotopic (exact) mass is 415 g/mol. The number of fused-ring (bicyclic) bond motifs is 1. The van der Waals surface area contributed by atoms with E-state index in [9.17, 15) is 10.1 Å². The molecule has 0 radical (unpaired) electrons. The van der Waals surface area contributed by atoms with Crippen LogP contribution in [0.2, 0.25) is 0 Å². The summed E-state index contributed by atoms with van der Waals surface area (Å²) in [5.74, 6) is 0.156. The number of hydrogen-bond donors (Lipinski definition) is 1. The van der Waals surface area contributed by atoms with E-state index in [1.54, 1.807) is 30.3 Å². The highest BCUT2D eigenvalue weighted by atomic mass is 16.5. The van der Waals surface area contributed by atoms with Crippen LogP contribution in [0.4, 0.5) is 5.69 Å². The average Bonchev–Trinajstić information content (AvgIpc) is 3.28. The molecule has 0 aliphatic rings. The molecule has 0 amide bonds. The summed E-state index contributed by atoms with van der Waals surface area (Å²) in [6.07, 6.45) is 0. The summed E-state index contributed by atoms with van der Waals surface area (Å²) in [5.41, 5.74) is 10.2. The van der Waals surface area contributed by atoms with Gasteiger partial charge in [0.1, 0.15) is 11.6 Å². The van der Waals surface area contributed by atoms with Gasteiger partial charge in [0.05, 0.1) is 16.8 Å². The third-order valence-corrected chi connectivity index (χ3v) is 5.45. The van der Waals surface area contributed by atoms with Crippen LogP contribution >= 0.6 is 0 Å². The standard InChI is InChI=1S/C27H17N3O2/c28-16-22-20(17-9-3-1-4-10-17)15-21(27-19-13-7-8-14-23(19)30-32-27)24(25(22)29)26(31)18-11-5-2-6-12-18/h1-15H,29H2. The first-order chi connectivity index (χ1) is 15.7. The zero-order valence-corrected chi connectivity index (χ0v) is 16.9. The minimum absolute atomic E-state index is 0.123. The fraction of sp³-hybridized carbons (Fsp3) is 0. The summed E-state index contributed by atoms with van der Waals surface area (Å²) >= 11 is 0. The summed E-state index contributed by atoms with van der Waals surface area (Å²) in [6, 6.07) is 29.8. The number of carbonyl (C=O) groups excluding carboxylic acids is 1. The zero-order valence-electron chi connectivity index (χ0n) is 16.9. The van der Waals surface area contributed by atoms with Crippen LogP contribution in [0.1, 0.15) is 21.5 Å². The van der Waals surface area contributed by atoms with Gasteiger partial charge in [-0.1, -0.05) is 78.0 Å². The van der Waals surface area contributed by atoms with Crippen LogP contribution in [0.5, 0.6) is 0 Å². The van der Waals surface area contributed by atoms with Gasteiger partial charge >= 0.3 is 0 Å². The van der Waals surface area contributed by atoms with Crippen LogP contribution in [0.25, 0.3) is 33.4 Å². The third kappa shape index (κ3) is 3.11. The Morgan fingerprint density at radius 3 is 2.25 bits per heavy atom. The first-order valence-corrected chi connectivity index (χ1v) is 10.1. The first kappa shape index (κ1) is 19.3. The number of nitrogens with two attached hydrogens (primary N) is 1. The van der Waals surface area contributed by atoms with Crippen molar-refractivity contribution in [2.24, 2.45) is 0 Å². The van der Waals surface area contributed by atoms with Crippen molar-refractivity contribution in [3.05, 3.63) is 108 Å². The first-order valence-electron chi connectivity index (χ1n) is 10.1. The maximum atomic E-state index is 13.6. The lowest BCUT2D eigenvalue weighted by molar-refractivity contribution is 0.104. The van der Waals surface area contributed by atoms with E-state index < -0.39 is 0 Å². The Morgan fingerprint density at radius 2 is 1.53 bits per heavy atom. The molecule has 152 valence electrons. The Balaban J connectivity index is 1.87. The molecular weight excluding hydrogens is 398 g/mol. The minimum Gasteiger partial charge on any atom is -0.397 e. The number of aromatic nitrogens is 1. The quantitative estimate of drug-likeness (QED) is 0.294. The van der Waals surface area contributed by atoms with Gasteiger partial charge in [-0.3, -0.25) is 4.79 Å². The molecule has 1 heterocycles. The molecule has 5 rings (SSSR count). The van der Waals surface area contributed by atoms with E-state index in [0.29, 0.717) is 28.0 Å². The highest BCUT2D eigenvalue weighted by Gasteiger charge is 2.26. The van der Waals surface area contributed by atoms with E-state index in [-0.39, 0.29) is 22.6 Å². The number of anilines is 1. The number of benzene rings is 4. The van der Waals surface area contributed by atoms with Gasteiger partial charge in [-0.15, -0.1) is 0 Å². The molecule has 5 aromatic rings. The second kappa shape index (κ2) is 7.86. The average molecular weight is 415 g/mol. The van der Waals surface area contributed by atoms with Crippen molar-refractivity contribution in [3.63, 3.8) is 0 Å². The summed E-state index contributed by atoms with van der Waals surface area (Å²) in [4.78, 5) is 13.6. The van der Waals surface area contributed by atoms with Crippen LogP contribution < -0.4 is 5.73 Å². The van der Waals surface area contributed by atoms with Crippen molar-refractivity contribution in [1.29, 1.82) is 5.26 Å². The van der Waals surface area contributed by atoms with Crippen molar-refractivity contribution in [2.45, 2.75) is 0 Å². The van der Waals surface area contributed by atoms with E-state index in [4.69, 9.17) is 10.3 Å². The summed E-state index contributed by atoms with van der Waals surface area (Å²) < 4.78 is 5.71. The van der Waals surface area contributed by atoms with E-state index >= 15 is 0 Å². The Bertz CT molecular complexity index is 1500. The molecule has 1 aromatic heterocycles. The molecule has 0 spiro atoms. The predicted octanol–water partition coefficient (Wildman–Crippen LogP) is 5.85. The molecule has 2 N–H and O–H groups in total. The number of carbonyl (C=O) groups is 1. The van der Waals surface area contributed by atoms with E-state index in [0.717, 1.165) is 10.9 Å². The molecule has 0 aliphatic heterocycles. The Kier molecular flexibility index (Phi) is 4.74. The molecule has 5 heteroatoms. The lowest BCUT2D eigenvalue weighted by Crippen LogP contribution is -2.10. The van der Waals surface area contributed by atoms with Crippen molar-refractivity contribution in [3.8, 4) is 28.5 Å². The molecule has 0 saturated carbocycles. The van der Waals surface area contributed by atoms with E-state index in [1.165, 1.54) is 0 Å². The van der Waals surface area contributed by atoms with Crippen molar-refractivity contribution >= 4 is 22.4 Å². The van der Waals surface area contributed by atoms with Gasteiger partial charge in [-0.2, -0.15) is 5.26 Å². The zero-order chi connectivity index (χ0) is 22.1. The lowest BCUT2D eigenvalue weighted by Gasteiger charge is -2.16. The number of nitrogen functional groups attached to an aromatic ring is 1. The molecule has 5 nitrogen and oxygen atoms in total. The molecule has 0 atom stereocenters. The van der Waals surface area contributed by atoms with E-state index in [2.05, 4.69) is 11.2 Å². The Labute approximate surface area is 184 Å². The topological polar surface area (TPSA) is 92.9 Å². The molecule has 0 unspecified atom stereocenters. The lowest BCUT2D eigenvalue weighted by atomic mass is 9.87. The smallest absolute Gasteiger partial charge is 0.195 e. The predicted molar refractivity (Wildman–Crippen MR) is 124 cm³/mol. The van der Waals surface area contributed by atoms with Crippen LogP contribution in [-0.2, 0) is 0 Å². The maximum absolute atomic E-state index is 13.6. The second-order valence-electron chi connectivity index (χ2n) is 7.34. The van der Waals surface area contributed by atoms with Crippen molar-refractivity contribution in [1.82, 2.24) is 5.16 Å². The molecule has 0 fully saturated rings. The molecule has 0 saturated heterocycles. The van der Waals surface area contributed by atoms with Gasteiger partial charge in [-0.05, 0) is 23.8 Å². The van der Waals surface area contributed by atoms with Crippen LogP contribution in [-0.4, -0.2) is 10.9 Å². The van der Waals surface area contributed by atoms with Crippen molar-refractivity contribution < 1.29 is 9.32 Å². The fourth-order valence-corrected chi connectivity index (χ4v) is 3.91. The van der Waals surface area contributed by atoms with Crippen LogP contribution in [0, 0.1) is 11.3 Å². The normalized spacial score (nSPS) is 10.7. The number of rotatable bonds is 4. The summed E-state index contributed by atoms with van der Waals surface area (Å²) in [6.45, 7) is 0. The number of ketones is 1. The SMILES string of the molecule is N#Cc1c(-c2ccccc2)cc(-c2onc3ccccc23)c(C(=O)c2ccccc2)c1N. The maximum Gasteiger partial charge on any atom is 0.195 e. The van der Waals surface area contributed by atoms with Crippen LogP contribution in [0.3, 0.4) is 0 Å². The molecule has 32 heavy (non-hydrogen) atoms.